The number of hydrogen-bond acceptors (Lipinski definition) is 4. The van der Waals surface area contributed by atoms with E-state index in [2.05, 4.69) is 4.79 Å². The van der Waals surface area contributed by atoms with Crippen molar-refractivity contribution in [3.05, 3.63) is 34.2 Å². The molecule has 0 bridgehead atoms. The number of rotatable bonds is 2. The van der Waals surface area contributed by atoms with Crippen molar-refractivity contribution in [1.82, 2.24) is 0 Å². The Balaban J connectivity index is 2.81. The van der Waals surface area contributed by atoms with Crippen molar-refractivity contribution < 1.29 is 30.7 Å². The van der Waals surface area contributed by atoms with Gasteiger partial charge in [-0.3, -0.25) is 9.11 Å². The summed E-state index contributed by atoms with van der Waals surface area (Å²) in [7, 11) is -8.92. The maximum atomic E-state index is 11.2. The van der Waals surface area contributed by atoms with Gasteiger partial charge in [0.2, 0.25) is 5.25 Å². The first kappa shape index (κ1) is 14.6. The van der Waals surface area contributed by atoms with Gasteiger partial charge in [0.15, 0.2) is 0 Å². The molecular formula is C10H8N2O6S2. The van der Waals surface area contributed by atoms with Crippen molar-refractivity contribution in [3.63, 3.8) is 0 Å². The molecule has 0 spiro atoms. The monoisotopic (exact) mass is 316 g/mol. The van der Waals surface area contributed by atoms with E-state index in [1.807, 2.05) is 0 Å². The van der Waals surface area contributed by atoms with Crippen molar-refractivity contribution in [2.75, 3.05) is 0 Å². The van der Waals surface area contributed by atoms with Crippen LogP contribution in [0, 0.1) is 0 Å². The minimum Gasteiger partial charge on any atom is -0.361 e. The Hall–Kier alpha value is -1.84. The van der Waals surface area contributed by atoms with Crippen molar-refractivity contribution >= 4 is 38.1 Å². The largest absolute Gasteiger partial charge is 0.361 e. The second-order valence-electron chi connectivity index (χ2n) is 4.04. The normalized spacial score (nSPS) is 18.5. The van der Waals surface area contributed by atoms with E-state index in [1.165, 1.54) is 6.07 Å². The molecule has 2 rings (SSSR count). The molecule has 10 heteroatoms. The van der Waals surface area contributed by atoms with Crippen LogP contribution >= 0.6 is 0 Å². The average molecular weight is 316 g/mol. The van der Waals surface area contributed by atoms with Crippen molar-refractivity contribution in [3.8, 4) is 0 Å². The molecule has 0 saturated carbocycles. The zero-order chi connectivity index (χ0) is 15.1. The Bertz CT molecular complexity index is 955. The lowest BCUT2D eigenvalue weighted by molar-refractivity contribution is -0.00356. The summed E-state index contributed by atoms with van der Waals surface area (Å²) in [5.74, 6) is 0. The van der Waals surface area contributed by atoms with E-state index in [4.69, 9.17) is 14.6 Å². The molecule has 8 nitrogen and oxygen atoms in total. The predicted molar refractivity (Wildman–Crippen MR) is 68.4 cm³/mol. The van der Waals surface area contributed by atoms with Crippen molar-refractivity contribution in [2.24, 2.45) is 0 Å². The molecule has 0 saturated heterocycles. The van der Waals surface area contributed by atoms with Crippen molar-refractivity contribution in [1.29, 1.82) is 0 Å². The van der Waals surface area contributed by atoms with Gasteiger partial charge in [-0.2, -0.15) is 21.6 Å². The molecule has 0 aliphatic heterocycles. The zero-order valence-electron chi connectivity index (χ0n) is 9.70. The molecule has 1 aliphatic rings. The van der Waals surface area contributed by atoms with Crippen LogP contribution in [-0.2, 0) is 20.2 Å². The molecule has 2 N–H and O–H groups in total. The van der Waals surface area contributed by atoms with Gasteiger partial charge in [0, 0.05) is 6.08 Å². The summed E-state index contributed by atoms with van der Waals surface area (Å²) in [5, 5.41) is -1.00. The van der Waals surface area contributed by atoms with Crippen LogP contribution in [-0.4, -0.2) is 41.7 Å². The van der Waals surface area contributed by atoms with Gasteiger partial charge in [-0.25, -0.2) is 0 Å². The standard InChI is InChI=1S/C10H8N2O6S2/c11-12-9-4-7-3-8(19(13,14)15)2-1-6(7)5-10(9)20(16,17)18/h1-5,10H,(H,13,14,15)(H,16,17,18). The third kappa shape index (κ3) is 2.69. The van der Waals surface area contributed by atoms with E-state index in [0.717, 1.165) is 24.3 Å². The summed E-state index contributed by atoms with van der Waals surface area (Å²) in [5.41, 5.74) is 8.40. The molecule has 1 aromatic carbocycles. The highest BCUT2D eigenvalue weighted by Gasteiger charge is 2.33. The minimum atomic E-state index is -4.51. The number of benzene rings is 1. The molecular weight excluding hydrogens is 308 g/mol. The highest BCUT2D eigenvalue weighted by Crippen LogP contribution is 2.08. The highest BCUT2D eigenvalue weighted by atomic mass is 32.2. The van der Waals surface area contributed by atoms with Crippen LogP contribution in [0.1, 0.15) is 0 Å². The van der Waals surface area contributed by atoms with E-state index < -0.39 is 25.5 Å². The van der Waals surface area contributed by atoms with Gasteiger partial charge in [0.25, 0.3) is 20.2 Å². The molecule has 1 atom stereocenters. The van der Waals surface area contributed by atoms with Crippen LogP contribution in [0.2, 0.25) is 0 Å². The van der Waals surface area contributed by atoms with Crippen LogP contribution in [0.25, 0.3) is 17.7 Å². The minimum absolute atomic E-state index is 0.229. The van der Waals surface area contributed by atoms with Crippen LogP contribution in [0.4, 0.5) is 0 Å². The predicted octanol–water partition coefficient (Wildman–Crippen LogP) is -1.56. The molecule has 1 unspecified atom stereocenters. The van der Waals surface area contributed by atoms with E-state index in [0.29, 0.717) is 5.22 Å². The lowest BCUT2D eigenvalue weighted by atomic mass is 10.1. The van der Waals surface area contributed by atoms with E-state index in [-0.39, 0.29) is 15.8 Å². The van der Waals surface area contributed by atoms with Gasteiger partial charge in [0.05, 0.1) is 4.90 Å². The molecule has 0 radical (unpaired) electrons. The summed E-state index contributed by atoms with van der Waals surface area (Å²) < 4.78 is 62.3. The Morgan fingerprint density at radius 2 is 1.75 bits per heavy atom. The first-order valence-corrected chi connectivity index (χ1v) is 8.06. The van der Waals surface area contributed by atoms with Gasteiger partial charge in [-0.1, -0.05) is 6.07 Å². The third-order valence-corrected chi connectivity index (χ3v) is 4.59. The summed E-state index contributed by atoms with van der Waals surface area (Å²) in [6, 6.07) is 3.44. The molecule has 20 heavy (non-hydrogen) atoms. The quantitative estimate of drug-likeness (QED) is 0.383. The van der Waals surface area contributed by atoms with E-state index in [1.54, 1.807) is 0 Å². The van der Waals surface area contributed by atoms with Crippen LogP contribution in [0.3, 0.4) is 0 Å². The smallest absolute Gasteiger partial charge is 0.317 e. The fourth-order valence-electron chi connectivity index (χ4n) is 1.80. The topological polar surface area (TPSA) is 145 Å². The fraction of sp³-hybridized carbons (Fsp3) is 0.100. The van der Waals surface area contributed by atoms with Gasteiger partial charge < -0.3 is 5.53 Å². The Morgan fingerprint density at radius 1 is 1.10 bits per heavy atom. The molecule has 0 heterocycles. The fourth-order valence-corrected chi connectivity index (χ4v) is 3.06. The van der Waals surface area contributed by atoms with Gasteiger partial charge in [-0.15, -0.1) is 0 Å². The molecule has 0 aromatic heterocycles. The zero-order valence-corrected chi connectivity index (χ0v) is 11.3. The lowest BCUT2D eigenvalue weighted by Gasteiger charge is -2.07. The van der Waals surface area contributed by atoms with Gasteiger partial charge in [-0.05, 0) is 28.6 Å². The molecule has 0 fully saturated rings. The first-order chi connectivity index (χ1) is 9.13. The lowest BCUT2D eigenvalue weighted by Crippen LogP contribution is -2.39. The Kier molecular flexibility index (Phi) is 3.36. The molecule has 1 aromatic rings. The summed E-state index contributed by atoms with van der Waals surface area (Å²) in [6.45, 7) is 0. The number of fused-ring (bicyclic) bond motifs is 1. The van der Waals surface area contributed by atoms with E-state index in [9.17, 15) is 16.8 Å². The Labute approximate surface area is 113 Å². The maximum Gasteiger partial charge on any atom is 0.317 e. The van der Waals surface area contributed by atoms with Crippen LogP contribution in [0.15, 0.2) is 23.1 Å². The third-order valence-electron chi connectivity index (χ3n) is 2.72. The average Bonchev–Trinajstić information content (AvgIpc) is 2.34. The molecule has 106 valence electrons. The first-order valence-electron chi connectivity index (χ1n) is 5.12. The summed E-state index contributed by atoms with van der Waals surface area (Å²) in [6.07, 6.45) is 2.20. The molecule has 1 aliphatic carbocycles. The number of nitrogens with zero attached hydrogens (tertiary/aromatic N) is 2. The molecule has 0 amide bonds. The second kappa shape index (κ2) is 4.62. The van der Waals surface area contributed by atoms with Crippen molar-refractivity contribution in [2.45, 2.75) is 10.1 Å². The van der Waals surface area contributed by atoms with Gasteiger partial charge in [0.1, 0.15) is 0 Å². The SMILES string of the molecule is [N-]=[N+]=C1C=c2cc(S(=O)(=O)O)ccc2=CC1S(=O)(=O)O. The maximum absolute atomic E-state index is 11.2. The van der Waals surface area contributed by atoms with E-state index >= 15 is 0 Å². The summed E-state index contributed by atoms with van der Waals surface area (Å²) in [4.78, 5) is 2.38. The van der Waals surface area contributed by atoms with Crippen LogP contribution < -0.4 is 10.4 Å². The second-order valence-corrected chi connectivity index (χ2v) is 7.00. The van der Waals surface area contributed by atoms with Gasteiger partial charge >= 0.3 is 5.71 Å². The number of hydrogen-bond donors (Lipinski definition) is 2. The van der Waals surface area contributed by atoms with Crippen LogP contribution in [0.5, 0.6) is 0 Å². The highest BCUT2D eigenvalue weighted by molar-refractivity contribution is 7.87. The summed E-state index contributed by atoms with van der Waals surface area (Å²) >= 11 is 0. The Morgan fingerprint density at radius 3 is 2.25 bits per heavy atom.